The molecule has 1 nitrogen and oxygen atoms in total. The third-order valence-corrected chi connectivity index (χ3v) is 1.36. The van der Waals surface area contributed by atoms with Gasteiger partial charge in [0, 0.05) is 6.20 Å². The van der Waals surface area contributed by atoms with Crippen LogP contribution in [-0.4, -0.2) is 12.0 Å². The van der Waals surface area contributed by atoms with E-state index in [4.69, 9.17) is 0 Å². The van der Waals surface area contributed by atoms with Crippen LogP contribution in [0.2, 0.25) is 0 Å². The van der Waals surface area contributed by atoms with E-state index in [2.05, 4.69) is 4.98 Å². The van der Waals surface area contributed by atoms with Crippen molar-refractivity contribution in [2.24, 2.45) is 0 Å². The number of halogens is 3. The van der Waals surface area contributed by atoms with Gasteiger partial charge < -0.3 is 12.9 Å². The Bertz CT molecular complexity index is 263. The zero-order chi connectivity index (χ0) is 8.48. The molecule has 6 heteroatoms. The predicted octanol–water partition coefficient (Wildman–Crippen LogP) is -1.55. The van der Waals surface area contributed by atoms with Gasteiger partial charge in [-0.1, -0.05) is 11.6 Å². The summed E-state index contributed by atoms with van der Waals surface area (Å²) in [4.78, 5) is 3.25. The van der Waals surface area contributed by atoms with Crippen LogP contribution in [0.3, 0.4) is 0 Å². The first-order chi connectivity index (χ1) is 5.02. The fraction of sp³-hybridized carbons (Fsp3) is 0.167. The second-order valence-corrected chi connectivity index (χ2v) is 2.28. The average Bonchev–Trinajstić information content (AvgIpc) is 1.86. The molecule has 0 amide bonds. The Balaban J connectivity index is 0.00000121. The minimum absolute atomic E-state index is 0. The van der Waals surface area contributed by atoms with Gasteiger partial charge in [0.1, 0.15) is 0 Å². The molecule has 0 atom stereocenters. The summed E-state index contributed by atoms with van der Waals surface area (Å²) in [6, 6.07) is 2.89. The molecule has 0 saturated heterocycles. The minimum atomic E-state index is -4.94. The number of hydrogen-bond donors (Lipinski definition) is 0. The Hall–Kier alpha value is 0.641. The van der Waals surface area contributed by atoms with Gasteiger partial charge in [0.05, 0.1) is 0 Å². The average molecular weight is 199 g/mol. The molecule has 1 aromatic heterocycles. The molecular weight excluding hydrogens is 193 g/mol. The molecule has 0 aliphatic rings. The number of hydrogen-bond acceptors (Lipinski definition) is 1. The first-order valence-corrected chi connectivity index (χ1v) is 3.13. The van der Waals surface area contributed by atoms with E-state index in [0.29, 0.717) is 0 Å². The van der Waals surface area contributed by atoms with Gasteiger partial charge in [-0.3, -0.25) is 4.98 Å². The van der Waals surface area contributed by atoms with E-state index in [0.717, 1.165) is 6.20 Å². The Labute approximate surface area is 111 Å². The van der Waals surface area contributed by atoms with Crippen molar-refractivity contribution < 1.29 is 64.3 Å². The Kier molecular flexibility index (Phi) is 5.01. The van der Waals surface area contributed by atoms with E-state index in [1.165, 1.54) is 19.1 Å². The SMILES string of the molecule is Cc1cccnc1[B-](F)(F)F.[K+]. The van der Waals surface area contributed by atoms with E-state index < -0.39 is 12.6 Å². The number of rotatable bonds is 1. The van der Waals surface area contributed by atoms with Gasteiger partial charge in [-0.2, -0.15) is 0 Å². The van der Waals surface area contributed by atoms with Gasteiger partial charge in [-0.25, -0.2) is 0 Å². The van der Waals surface area contributed by atoms with Crippen LogP contribution < -0.4 is 57.0 Å². The van der Waals surface area contributed by atoms with Crippen LogP contribution in [0.1, 0.15) is 5.56 Å². The van der Waals surface area contributed by atoms with Gasteiger partial charge in [-0.05, 0) is 18.6 Å². The topological polar surface area (TPSA) is 12.9 Å². The van der Waals surface area contributed by atoms with Crippen LogP contribution in [0.5, 0.6) is 0 Å². The monoisotopic (exact) mass is 199 g/mol. The van der Waals surface area contributed by atoms with Crippen molar-refractivity contribution in [1.29, 1.82) is 0 Å². The fourth-order valence-electron chi connectivity index (χ4n) is 0.841. The Morgan fingerprint density at radius 3 is 2.25 bits per heavy atom. The smallest absolute Gasteiger partial charge is 0.444 e. The quantitative estimate of drug-likeness (QED) is 0.499. The summed E-state index contributed by atoms with van der Waals surface area (Å²) in [6.07, 6.45) is 1.15. The fourth-order valence-corrected chi connectivity index (χ4v) is 0.841. The first kappa shape index (κ1) is 12.6. The van der Waals surface area contributed by atoms with E-state index in [1.807, 2.05) is 0 Å². The third-order valence-electron chi connectivity index (χ3n) is 1.36. The molecule has 0 N–H and O–H groups in total. The van der Waals surface area contributed by atoms with Crippen LogP contribution in [0.4, 0.5) is 12.9 Å². The summed E-state index contributed by atoms with van der Waals surface area (Å²) < 4.78 is 36.1. The molecule has 0 radical (unpaired) electrons. The van der Waals surface area contributed by atoms with Gasteiger partial charge in [0.15, 0.2) is 0 Å². The second kappa shape index (κ2) is 4.76. The van der Waals surface area contributed by atoms with Crippen molar-refractivity contribution in [3.8, 4) is 0 Å². The molecular formula is C6H6BF3KN. The van der Waals surface area contributed by atoms with Crippen LogP contribution in [-0.2, 0) is 0 Å². The number of aromatic nitrogens is 1. The largest absolute Gasteiger partial charge is 1.00 e. The van der Waals surface area contributed by atoms with Gasteiger partial charge in [0.2, 0.25) is 0 Å². The third kappa shape index (κ3) is 3.18. The van der Waals surface area contributed by atoms with E-state index >= 15 is 0 Å². The van der Waals surface area contributed by atoms with Crippen molar-refractivity contribution in [3.63, 3.8) is 0 Å². The maximum atomic E-state index is 12.0. The van der Waals surface area contributed by atoms with Gasteiger partial charge in [0.25, 0.3) is 0 Å². The molecule has 60 valence electrons. The molecule has 0 saturated carbocycles. The molecule has 12 heavy (non-hydrogen) atoms. The molecule has 0 aliphatic heterocycles. The van der Waals surface area contributed by atoms with Gasteiger partial charge in [-0.15, -0.1) is 0 Å². The summed E-state index contributed by atoms with van der Waals surface area (Å²) in [6.45, 7) is -3.54. The summed E-state index contributed by atoms with van der Waals surface area (Å²) in [5.41, 5.74) is -0.562. The predicted molar refractivity (Wildman–Crippen MR) is 37.7 cm³/mol. The number of nitrogens with zero attached hydrogens (tertiary/aromatic N) is 1. The maximum absolute atomic E-state index is 12.0. The first-order valence-electron chi connectivity index (χ1n) is 3.13. The number of pyridine rings is 1. The van der Waals surface area contributed by atoms with Crippen LogP contribution >= 0.6 is 0 Å². The van der Waals surface area contributed by atoms with Crippen molar-refractivity contribution in [3.05, 3.63) is 23.9 Å². The van der Waals surface area contributed by atoms with E-state index in [1.54, 1.807) is 0 Å². The van der Waals surface area contributed by atoms with Crippen LogP contribution in [0.25, 0.3) is 0 Å². The standard InChI is InChI=1S/C6H6BF3N.K/c1-5-3-2-4-11-6(5)7(8,9)10;/h2-4H,1H3;/q-1;+1. The molecule has 0 spiro atoms. The molecule has 1 aromatic rings. The van der Waals surface area contributed by atoms with E-state index in [-0.39, 0.29) is 56.9 Å². The summed E-state index contributed by atoms with van der Waals surface area (Å²) in [7, 11) is 0. The molecule has 1 heterocycles. The Morgan fingerprint density at radius 1 is 1.33 bits per heavy atom. The molecule has 0 aromatic carbocycles. The maximum Gasteiger partial charge on any atom is 1.00 e. The van der Waals surface area contributed by atoms with Gasteiger partial charge >= 0.3 is 58.4 Å². The summed E-state index contributed by atoms with van der Waals surface area (Å²) in [5, 5.41) is 0. The molecule has 0 aliphatic carbocycles. The van der Waals surface area contributed by atoms with E-state index in [9.17, 15) is 12.9 Å². The zero-order valence-corrected chi connectivity index (χ0v) is 10.0. The Morgan fingerprint density at radius 2 is 1.92 bits per heavy atom. The molecule has 0 fully saturated rings. The molecule has 0 bridgehead atoms. The zero-order valence-electron chi connectivity index (χ0n) is 6.89. The summed E-state index contributed by atoms with van der Waals surface area (Å²) >= 11 is 0. The van der Waals surface area contributed by atoms with Crippen molar-refractivity contribution in [2.75, 3.05) is 0 Å². The van der Waals surface area contributed by atoms with Crippen molar-refractivity contribution in [1.82, 2.24) is 4.98 Å². The molecule has 0 unspecified atom stereocenters. The van der Waals surface area contributed by atoms with Crippen molar-refractivity contribution in [2.45, 2.75) is 6.92 Å². The second-order valence-electron chi connectivity index (χ2n) is 2.28. The minimum Gasteiger partial charge on any atom is -0.444 e. The van der Waals surface area contributed by atoms with Crippen LogP contribution in [0, 0.1) is 6.92 Å². The van der Waals surface area contributed by atoms with Crippen LogP contribution in [0.15, 0.2) is 18.3 Å². The molecule has 1 rings (SSSR count). The normalized spacial score (nSPS) is 10.7. The van der Waals surface area contributed by atoms with Crippen molar-refractivity contribution >= 4 is 12.6 Å². The number of aryl methyl sites for hydroxylation is 1. The summed E-state index contributed by atoms with van der Waals surface area (Å²) in [5.74, 6) is 0.